The van der Waals surface area contributed by atoms with E-state index in [2.05, 4.69) is 15.6 Å². The van der Waals surface area contributed by atoms with E-state index in [1.807, 2.05) is 19.1 Å². The Balaban J connectivity index is 1.67. The number of carbonyl (C=O) groups excluding carboxylic acids is 2. The first-order valence-corrected chi connectivity index (χ1v) is 6.88. The van der Waals surface area contributed by atoms with Gasteiger partial charge in [0.15, 0.2) is 6.61 Å². The van der Waals surface area contributed by atoms with E-state index in [4.69, 9.17) is 4.74 Å². The first-order chi connectivity index (χ1) is 10.6. The number of rotatable bonds is 3. The van der Waals surface area contributed by atoms with Gasteiger partial charge in [-0.05, 0) is 36.8 Å². The first-order valence-electron chi connectivity index (χ1n) is 6.88. The summed E-state index contributed by atoms with van der Waals surface area (Å²) in [5.74, 6) is 0.102. The average molecular weight is 297 g/mol. The Morgan fingerprint density at radius 1 is 1.36 bits per heavy atom. The van der Waals surface area contributed by atoms with Crippen molar-refractivity contribution < 1.29 is 14.3 Å². The average Bonchev–Trinajstić information content (AvgIpc) is 2.53. The highest BCUT2D eigenvalue weighted by Gasteiger charge is 2.17. The Morgan fingerprint density at radius 2 is 2.23 bits per heavy atom. The van der Waals surface area contributed by atoms with Crippen molar-refractivity contribution in [3.63, 3.8) is 0 Å². The van der Waals surface area contributed by atoms with Crippen LogP contribution in [0.3, 0.4) is 0 Å². The third-order valence-corrected chi connectivity index (χ3v) is 3.30. The number of nitrogens with one attached hydrogen (secondary N) is 2. The number of aromatic nitrogens is 1. The van der Waals surface area contributed by atoms with Crippen molar-refractivity contribution in [3.05, 3.63) is 53.3 Å². The molecule has 0 aliphatic carbocycles. The number of carbonyl (C=O) groups is 2. The molecule has 1 aliphatic rings. The summed E-state index contributed by atoms with van der Waals surface area (Å²) in [5, 5.41) is 5.51. The second-order valence-electron chi connectivity index (χ2n) is 5.04. The van der Waals surface area contributed by atoms with E-state index in [1.54, 1.807) is 24.4 Å². The molecule has 2 heterocycles. The second-order valence-corrected chi connectivity index (χ2v) is 5.04. The summed E-state index contributed by atoms with van der Waals surface area (Å²) in [6.07, 6.45) is 1.74. The van der Waals surface area contributed by atoms with E-state index < -0.39 is 0 Å². The Hall–Kier alpha value is -2.89. The third kappa shape index (κ3) is 3.06. The standard InChI is InChI=1S/C16H15N3O3/c1-10-2-3-11(7-17-10)8-18-16(21)12-4-5-13-14(6-12)22-9-15(20)19-13/h2-7H,8-9H2,1H3,(H,18,21)(H,19,20). The van der Waals surface area contributed by atoms with E-state index >= 15 is 0 Å². The van der Waals surface area contributed by atoms with Gasteiger partial charge in [0.2, 0.25) is 0 Å². The Bertz CT molecular complexity index is 726. The number of benzene rings is 1. The zero-order chi connectivity index (χ0) is 15.5. The molecule has 3 rings (SSSR count). The molecule has 2 aromatic rings. The van der Waals surface area contributed by atoms with Crippen molar-refractivity contribution >= 4 is 17.5 Å². The monoisotopic (exact) mass is 297 g/mol. The molecule has 0 saturated heterocycles. The van der Waals surface area contributed by atoms with Crippen molar-refractivity contribution in [1.82, 2.24) is 10.3 Å². The summed E-state index contributed by atoms with van der Waals surface area (Å²) in [6, 6.07) is 8.76. The van der Waals surface area contributed by atoms with E-state index in [0.29, 0.717) is 23.5 Å². The minimum atomic E-state index is -0.205. The fourth-order valence-electron chi connectivity index (χ4n) is 2.10. The summed E-state index contributed by atoms with van der Waals surface area (Å²) in [5.41, 5.74) is 2.93. The number of anilines is 1. The van der Waals surface area contributed by atoms with Crippen LogP contribution in [0.2, 0.25) is 0 Å². The highest BCUT2D eigenvalue weighted by atomic mass is 16.5. The van der Waals surface area contributed by atoms with Crippen molar-refractivity contribution in [2.24, 2.45) is 0 Å². The van der Waals surface area contributed by atoms with Gasteiger partial charge in [-0.2, -0.15) is 0 Å². The maximum atomic E-state index is 12.2. The molecule has 6 nitrogen and oxygen atoms in total. The van der Waals surface area contributed by atoms with Gasteiger partial charge in [0.1, 0.15) is 5.75 Å². The molecule has 1 aromatic heterocycles. The second kappa shape index (κ2) is 5.85. The van der Waals surface area contributed by atoms with Gasteiger partial charge in [-0.25, -0.2) is 0 Å². The molecule has 0 spiro atoms. The van der Waals surface area contributed by atoms with Gasteiger partial charge in [-0.1, -0.05) is 6.07 Å². The molecule has 2 amide bonds. The Morgan fingerprint density at radius 3 is 3.00 bits per heavy atom. The highest BCUT2D eigenvalue weighted by molar-refractivity contribution is 5.98. The zero-order valence-corrected chi connectivity index (χ0v) is 12.1. The number of pyridine rings is 1. The lowest BCUT2D eigenvalue weighted by atomic mass is 10.1. The van der Waals surface area contributed by atoms with Crippen LogP contribution in [0.25, 0.3) is 0 Å². The Kier molecular flexibility index (Phi) is 3.74. The lowest BCUT2D eigenvalue weighted by Crippen LogP contribution is -2.26. The van der Waals surface area contributed by atoms with Crippen LogP contribution >= 0.6 is 0 Å². The van der Waals surface area contributed by atoms with Crippen LogP contribution in [0.1, 0.15) is 21.6 Å². The highest BCUT2D eigenvalue weighted by Crippen LogP contribution is 2.28. The lowest BCUT2D eigenvalue weighted by molar-refractivity contribution is -0.118. The molecule has 2 N–H and O–H groups in total. The predicted molar refractivity (Wildman–Crippen MR) is 80.7 cm³/mol. The smallest absolute Gasteiger partial charge is 0.262 e. The normalized spacial score (nSPS) is 12.9. The summed E-state index contributed by atoms with van der Waals surface area (Å²) in [7, 11) is 0. The van der Waals surface area contributed by atoms with Crippen LogP contribution in [0.4, 0.5) is 5.69 Å². The van der Waals surface area contributed by atoms with Crippen LogP contribution < -0.4 is 15.4 Å². The van der Waals surface area contributed by atoms with Crippen molar-refractivity contribution in [2.45, 2.75) is 13.5 Å². The van der Waals surface area contributed by atoms with Crippen LogP contribution in [0.15, 0.2) is 36.5 Å². The number of hydrogen-bond acceptors (Lipinski definition) is 4. The van der Waals surface area contributed by atoms with Gasteiger partial charge in [0, 0.05) is 24.0 Å². The van der Waals surface area contributed by atoms with Gasteiger partial charge < -0.3 is 15.4 Å². The van der Waals surface area contributed by atoms with Crippen molar-refractivity contribution in [1.29, 1.82) is 0 Å². The predicted octanol–water partition coefficient (Wildman–Crippen LogP) is 1.65. The number of hydrogen-bond donors (Lipinski definition) is 2. The number of aryl methyl sites for hydroxylation is 1. The topological polar surface area (TPSA) is 80.3 Å². The molecule has 0 unspecified atom stereocenters. The minimum absolute atomic E-state index is 0.0346. The van der Waals surface area contributed by atoms with Gasteiger partial charge in [0.05, 0.1) is 5.69 Å². The molecule has 0 bridgehead atoms. The molecule has 0 saturated carbocycles. The molecule has 112 valence electrons. The van der Waals surface area contributed by atoms with Gasteiger partial charge in [0.25, 0.3) is 11.8 Å². The Labute approximate surface area is 127 Å². The van der Waals surface area contributed by atoms with Gasteiger partial charge in [-0.3, -0.25) is 14.6 Å². The molecule has 0 radical (unpaired) electrons. The summed E-state index contributed by atoms with van der Waals surface area (Å²) in [4.78, 5) is 27.6. The molecular formula is C16H15N3O3. The van der Waals surface area contributed by atoms with Gasteiger partial charge in [-0.15, -0.1) is 0 Å². The van der Waals surface area contributed by atoms with Crippen LogP contribution in [-0.4, -0.2) is 23.4 Å². The molecule has 0 fully saturated rings. The van der Waals surface area contributed by atoms with E-state index in [-0.39, 0.29) is 18.4 Å². The molecule has 1 aliphatic heterocycles. The lowest BCUT2D eigenvalue weighted by Gasteiger charge is -2.18. The van der Waals surface area contributed by atoms with E-state index in [9.17, 15) is 9.59 Å². The number of amides is 2. The van der Waals surface area contributed by atoms with Crippen molar-refractivity contribution in [3.8, 4) is 5.75 Å². The molecular weight excluding hydrogens is 282 g/mol. The molecule has 1 aromatic carbocycles. The largest absolute Gasteiger partial charge is 0.482 e. The maximum Gasteiger partial charge on any atom is 0.262 e. The fourth-order valence-corrected chi connectivity index (χ4v) is 2.10. The number of ether oxygens (including phenoxy) is 1. The van der Waals surface area contributed by atoms with Crippen molar-refractivity contribution in [2.75, 3.05) is 11.9 Å². The first kappa shape index (κ1) is 14.1. The number of nitrogens with zero attached hydrogens (tertiary/aromatic N) is 1. The molecule has 0 atom stereocenters. The van der Waals surface area contributed by atoms with Crippen LogP contribution in [-0.2, 0) is 11.3 Å². The molecule has 22 heavy (non-hydrogen) atoms. The number of fused-ring (bicyclic) bond motifs is 1. The minimum Gasteiger partial charge on any atom is -0.482 e. The SMILES string of the molecule is Cc1ccc(CNC(=O)c2ccc3c(c2)OCC(=O)N3)cn1. The van der Waals surface area contributed by atoms with Crippen LogP contribution in [0.5, 0.6) is 5.75 Å². The fraction of sp³-hybridized carbons (Fsp3) is 0.188. The van der Waals surface area contributed by atoms with Gasteiger partial charge >= 0.3 is 0 Å². The zero-order valence-electron chi connectivity index (χ0n) is 12.1. The van der Waals surface area contributed by atoms with E-state index in [0.717, 1.165) is 11.3 Å². The van der Waals surface area contributed by atoms with Crippen LogP contribution in [0, 0.1) is 6.92 Å². The van der Waals surface area contributed by atoms with E-state index in [1.165, 1.54) is 0 Å². The summed E-state index contributed by atoms with van der Waals surface area (Å²) < 4.78 is 5.30. The summed E-state index contributed by atoms with van der Waals surface area (Å²) >= 11 is 0. The maximum absolute atomic E-state index is 12.2. The third-order valence-electron chi connectivity index (χ3n) is 3.30. The molecule has 6 heteroatoms. The summed E-state index contributed by atoms with van der Waals surface area (Å²) in [6.45, 7) is 2.28. The quantitative estimate of drug-likeness (QED) is 0.902.